The lowest BCUT2D eigenvalue weighted by Crippen LogP contribution is -2.27. The molecule has 1 fully saturated rings. The second-order valence-electron chi connectivity index (χ2n) is 5.24. The van der Waals surface area contributed by atoms with Gasteiger partial charge in [0.1, 0.15) is 0 Å². The molecule has 0 aliphatic carbocycles. The van der Waals surface area contributed by atoms with Gasteiger partial charge in [0.05, 0.1) is 0 Å². The molecule has 1 saturated heterocycles. The molecule has 98 valence electrons. The molecule has 0 bridgehead atoms. The highest BCUT2D eigenvalue weighted by Crippen LogP contribution is 2.20. The van der Waals surface area contributed by atoms with Crippen LogP contribution in [0.1, 0.15) is 23.1 Å². The predicted molar refractivity (Wildman–Crippen MR) is 78.1 cm³/mol. The Labute approximate surface area is 117 Å². The zero-order valence-corrected chi connectivity index (χ0v) is 12.7. The summed E-state index contributed by atoms with van der Waals surface area (Å²) >= 11 is 3.47. The number of likely N-dealkylation sites (tertiary alicyclic amines) is 1. The lowest BCUT2D eigenvalue weighted by Gasteiger charge is -2.17. The van der Waals surface area contributed by atoms with E-state index in [1.165, 1.54) is 16.7 Å². The summed E-state index contributed by atoms with van der Waals surface area (Å²) < 4.78 is 0. The minimum absolute atomic E-state index is 0.309. The fourth-order valence-corrected chi connectivity index (χ4v) is 2.99. The molecule has 1 unspecified atom stereocenters. The standard InChI is InChI=1S/C15H20BrNO/c1-11-3-4-14(12(2)7-11)5-6-17-10-13(9-16)8-15(17)18/h3-4,7,13H,5-6,8-10H2,1-2H3. The third-order valence-electron chi connectivity index (χ3n) is 3.66. The van der Waals surface area contributed by atoms with Crippen molar-refractivity contribution in [2.24, 2.45) is 5.92 Å². The molecule has 0 N–H and O–H groups in total. The van der Waals surface area contributed by atoms with E-state index in [0.717, 1.165) is 24.8 Å². The first-order valence-corrected chi connectivity index (χ1v) is 7.62. The molecule has 2 rings (SSSR count). The molecule has 0 aromatic heterocycles. The molecular weight excluding hydrogens is 290 g/mol. The monoisotopic (exact) mass is 309 g/mol. The van der Waals surface area contributed by atoms with Gasteiger partial charge in [-0.05, 0) is 37.3 Å². The average molecular weight is 310 g/mol. The van der Waals surface area contributed by atoms with E-state index in [4.69, 9.17) is 0 Å². The maximum absolute atomic E-state index is 11.8. The molecule has 1 aliphatic heterocycles. The first-order chi connectivity index (χ1) is 8.60. The zero-order chi connectivity index (χ0) is 13.1. The van der Waals surface area contributed by atoms with Crippen molar-refractivity contribution in [2.45, 2.75) is 26.7 Å². The largest absolute Gasteiger partial charge is 0.342 e. The number of halogens is 1. The summed E-state index contributed by atoms with van der Waals surface area (Å²) in [5.74, 6) is 0.806. The number of hydrogen-bond donors (Lipinski definition) is 0. The average Bonchev–Trinajstić information content (AvgIpc) is 2.69. The zero-order valence-electron chi connectivity index (χ0n) is 11.1. The quantitative estimate of drug-likeness (QED) is 0.783. The van der Waals surface area contributed by atoms with Crippen LogP contribution in [0.5, 0.6) is 0 Å². The van der Waals surface area contributed by atoms with Crippen LogP contribution in [0.2, 0.25) is 0 Å². The lowest BCUT2D eigenvalue weighted by atomic mass is 10.0. The highest BCUT2D eigenvalue weighted by Gasteiger charge is 2.28. The number of rotatable bonds is 4. The molecule has 1 aromatic carbocycles. The third kappa shape index (κ3) is 3.14. The van der Waals surface area contributed by atoms with Crippen molar-refractivity contribution in [3.8, 4) is 0 Å². The fraction of sp³-hybridized carbons (Fsp3) is 0.533. The lowest BCUT2D eigenvalue weighted by molar-refractivity contribution is -0.127. The topological polar surface area (TPSA) is 20.3 Å². The molecule has 1 heterocycles. The van der Waals surface area contributed by atoms with Gasteiger partial charge in [-0.15, -0.1) is 0 Å². The Morgan fingerprint density at radius 2 is 2.17 bits per heavy atom. The summed E-state index contributed by atoms with van der Waals surface area (Å²) in [6.07, 6.45) is 1.67. The van der Waals surface area contributed by atoms with Crippen LogP contribution in [0.4, 0.5) is 0 Å². The van der Waals surface area contributed by atoms with Crippen LogP contribution in [0, 0.1) is 19.8 Å². The number of carbonyl (C=O) groups is 1. The van der Waals surface area contributed by atoms with Gasteiger partial charge in [-0.1, -0.05) is 39.7 Å². The van der Waals surface area contributed by atoms with Crippen molar-refractivity contribution in [2.75, 3.05) is 18.4 Å². The van der Waals surface area contributed by atoms with Gasteiger partial charge >= 0.3 is 0 Å². The smallest absolute Gasteiger partial charge is 0.222 e. The number of benzene rings is 1. The van der Waals surface area contributed by atoms with Crippen LogP contribution in [0.3, 0.4) is 0 Å². The highest BCUT2D eigenvalue weighted by molar-refractivity contribution is 9.09. The normalized spacial score (nSPS) is 19.6. The van der Waals surface area contributed by atoms with Gasteiger partial charge in [-0.2, -0.15) is 0 Å². The van der Waals surface area contributed by atoms with Crippen LogP contribution < -0.4 is 0 Å². The van der Waals surface area contributed by atoms with Crippen LogP contribution in [0.25, 0.3) is 0 Å². The van der Waals surface area contributed by atoms with Crippen LogP contribution in [-0.4, -0.2) is 29.2 Å². The minimum atomic E-state index is 0.309. The molecule has 1 atom stereocenters. The van der Waals surface area contributed by atoms with E-state index in [9.17, 15) is 4.79 Å². The van der Waals surface area contributed by atoms with E-state index in [1.807, 2.05) is 4.90 Å². The molecule has 3 heteroatoms. The number of carbonyl (C=O) groups excluding carboxylic acids is 1. The second kappa shape index (κ2) is 5.87. The van der Waals surface area contributed by atoms with Crippen molar-refractivity contribution < 1.29 is 4.79 Å². The molecule has 1 aromatic rings. The molecule has 18 heavy (non-hydrogen) atoms. The molecule has 2 nitrogen and oxygen atoms in total. The molecule has 1 amide bonds. The van der Waals surface area contributed by atoms with E-state index in [1.54, 1.807) is 0 Å². The third-order valence-corrected chi connectivity index (χ3v) is 4.58. The second-order valence-corrected chi connectivity index (χ2v) is 5.89. The summed E-state index contributed by atoms with van der Waals surface area (Å²) in [5.41, 5.74) is 3.99. The van der Waals surface area contributed by atoms with Gasteiger partial charge < -0.3 is 4.90 Å². The molecule has 1 aliphatic rings. The van der Waals surface area contributed by atoms with E-state index in [2.05, 4.69) is 48.0 Å². The number of hydrogen-bond acceptors (Lipinski definition) is 1. The van der Waals surface area contributed by atoms with Gasteiger partial charge in [0, 0.05) is 24.8 Å². The van der Waals surface area contributed by atoms with Crippen LogP contribution in [-0.2, 0) is 11.2 Å². The number of alkyl halides is 1. The molecular formula is C15H20BrNO. The van der Waals surface area contributed by atoms with Crippen molar-refractivity contribution in [3.05, 3.63) is 34.9 Å². The minimum Gasteiger partial charge on any atom is -0.342 e. The summed E-state index contributed by atoms with van der Waals surface area (Å²) in [6, 6.07) is 6.55. The van der Waals surface area contributed by atoms with Gasteiger partial charge in [-0.25, -0.2) is 0 Å². The number of amides is 1. The van der Waals surface area contributed by atoms with Gasteiger partial charge in [0.25, 0.3) is 0 Å². The van der Waals surface area contributed by atoms with Crippen LogP contribution >= 0.6 is 15.9 Å². The maximum Gasteiger partial charge on any atom is 0.222 e. The summed E-state index contributed by atoms with van der Waals surface area (Å²) in [7, 11) is 0. The summed E-state index contributed by atoms with van der Waals surface area (Å²) in [5, 5.41) is 0.929. The Morgan fingerprint density at radius 1 is 1.39 bits per heavy atom. The number of aryl methyl sites for hydroxylation is 2. The van der Waals surface area contributed by atoms with Crippen molar-refractivity contribution >= 4 is 21.8 Å². The van der Waals surface area contributed by atoms with Crippen molar-refractivity contribution in [1.82, 2.24) is 4.90 Å². The van der Waals surface area contributed by atoms with Gasteiger partial charge in [0.15, 0.2) is 0 Å². The maximum atomic E-state index is 11.8. The van der Waals surface area contributed by atoms with E-state index >= 15 is 0 Å². The molecule has 0 radical (unpaired) electrons. The Hall–Kier alpha value is -0.830. The van der Waals surface area contributed by atoms with Crippen LogP contribution in [0.15, 0.2) is 18.2 Å². The van der Waals surface area contributed by atoms with E-state index < -0.39 is 0 Å². The Kier molecular flexibility index (Phi) is 4.44. The summed E-state index contributed by atoms with van der Waals surface area (Å²) in [4.78, 5) is 13.8. The Balaban J connectivity index is 1.94. The van der Waals surface area contributed by atoms with Crippen molar-refractivity contribution in [1.29, 1.82) is 0 Å². The van der Waals surface area contributed by atoms with Crippen molar-refractivity contribution in [3.63, 3.8) is 0 Å². The fourth-order valence-electron chi connectivity index (χ4n) is 2.56. The SMILES string of the molecule is Cc1ccc(CCN2CC(CBr)CC2=O)c(C)c1. The highest BCUT2D eigenvalue weighted by atomic mass is 79.9. The number of nitrogens with zero attached hydrogens (tertiary/aromatic N) is 1. The Morgan fingerprint density at radius 3 is 2.78 bits per heavy atom. The van der Waals surface area contributed by atoms with Gasteiger partial charge in [0.2, 0.25) is 5.91 Å². The first kappa shape index (κ1) is 13.6. The first-order valence-electron chi connectivity index (χ1n) is 6.50. The predicted octanol–water partition coefficient (Wildman–Crippen LogP) is 3.09. The Bertz CT molecular complexity index is 444. The van der Waals surface area contributed by atoms with E-state index in [-0.39, 0.29) is 0 Å². The summed E-state index contributed by atoms with van der Waals surface area (Å²) in [6.45, 7) is 6.03. The molecule has 0 saturated carbocycles. The molecule has 0 spiro atoms. The van der Waals surface area contributed by atoms with E-state index in [0.29, 0.717) is 18.2 Å². The van der Waals surface area contributed by atoms with Gasteiger partial charge in [-0.3, -0.25) is 4.79 Å².